The molecule has 3 aromatic carbocycles. The molecular formula is C28H25Cl2N3O3. The Balaban J connectivity index is 1.27. The van der Waals surface area contributed by atoms with E-state index in [1.165, 1.54) is 0 Å². The predicted octanol–water partition coefficient (Wildman–Crippen LogP) is 5.82. The van der Waals surface area contributed by atoms with Crippen LogP contribution in [-0.2, 0) is 22.5 Å². The van der Waals surface area contributed by atoms with E-state index in [9.17, 15) is 4.79 Å². The Labute approximate surface area is 220 Å². The van der Waals surface area contributed by atoms with Crippen LogP contribution in [0.2, 0.25) is 10.0 Å². The van der Waals surface area contributed by atoms with Crippen LogP contribution < -0.4 is 4.74 Å². The molecule has 5 rings (SSSR count). The third-order valence-corrected chi connectivity index (χ3v) is 6.97. The fraction of sp³-hybridized carbons (Fsp3) is 0.214. The van der Waals surface area contributed by atoms with Crippen molar-refractivity contribution in [3.63, 3.8) is 0 Å². The molecular weight excluding hydrogens is 497 g/mol. The number of carbonyl (C=O) groups is 1. The quantitative estimate of drug-likeness (QED) is 0.307. The van der Waals surface area contributed by atoms with E-state index in [0.717, 1.165) is 33.8 Å². The van der Waals surface area contributed by atoms with E-state index >= 15 is 0 Å². The van der Waals surface area contributed by atoms with Crippen molar-refractivity contribution in [2.75, 3.05) is 20.3 Å². The SMILES string of the molecule is COc1ccc(CN2CCOC(Cc3cn(-c4cccc(-c5ccc(Cl)c(Cl)c5)c4)cn3)C2=O)cc1. The minimum Gasteiger partial charge on any atom is -0.497 e. The van der Waals surface area contributed by atoms with Gasteiger partial charge in [0.25, 0.3) is 5.91 Å². The van der Waals surface area contributed by atoms with Gasteiger partial charge in [-0.1, -0.05) is 53.5 Å². The maximum Gasteiger partial charge on any atom is 0.252 e. The van der Waals surface area contributed by atoms with Crippen molar-refractivity contribution < 1.29 is 14.3 Å². The molecule has 0 aliphatic carbocycles. The van der Waals surface area contributed by atoms with Crippen LogP contribution in [0, 0.1) is 0 Å². The maximum absolute atomic E-state index is 13.1. The van der Waals surface area contributed by atoms with Crippen LogP contribution in [0.5, 0.6) is 5.75 Å². The second-order valence-corrected chi connectivity index (χ2v) is 9.44. The lowest BCUT2D eigenvalue weighted by Crippen LogP contribution is -2.48. The molecule has 1 aliphatic rings. The highest BCUT2D eigenvalue weighted by atomic mass is 35.5. The van der Waals surface area contributed by atoms with Gasteiger partial charge in [-0.05, 0) is 53.1 Å². The van der Waals surface area contributed by atoms with Crippen LogP contribution in [0.1, 0.15) is 11.3 Å². The van der Waals surface area contributed by atoms with Gasteiger partial charge in [-0.25, -0.2) is 4.98 Å². The number of hydrogen-bond acceptors (Lipinski definition) is 4. The van der Waals surface area contributed by atoms with Crippen molar-refractivity contribution in [2.45, 2.75) is 19.1 Å². The second kappa shape index (κ2) is 10.7. The third kappa shape index (κ3) is 5.41. The number of nitrogens with zero attached hydrogens (tertiary/aromatic N) is 3. The number of ether oxygens (including phenoxy) is 2. The summed E-state index contributed by atoms with van der Waals surface area (Å²) in [4.78, 5) is 19.5. The van der Waals surface area contributed by atoms with Gasteiger partial charge in [0.15, 0.2) is 0 Å². The lowest BCUT2D eigenvalue weighted by Gasteiger charge is -2.32. The first-order valence-corrected chi connectivity index (χ1v) is 12.4. The van der Waals surface area contributed by atoms with Gasteiger partial charge in [0.2, 0.25) is 0 Å². The van der Waals surface area contributed by atoms with Crippen molar-refractivity contribution in [3.8, 4) is 22.6 Å². The van der Waals surface area contributed by atoms with Crippen LogP contribution in [0.4, 0.5) is 0 Å². The summed E-state index contributed by atoms with van der Waals surface area (Å²) in [6.07, 6.45) is 3.55. The summed E-state index contributed by atoms with van der Waals surface area (Å²) in [7, 11) is 1.64. The van der Waals surface area contributed by atoms with E-state index in [-0.39, 0.29) is 5.91 Å². The summed E-state index contributed by atoms with van der Waals surface area (Å²) in [5.74, 6) is 0.774. The Hall–Kier alpha value is -3.32. The van der Waals surface area contributed by atoms with Crippen molar-refractivity contribution in [1.29, 1.82) is 0 Å². The molecule has 0 spiro atoms. The second-order valence-electron chi connectivity index (χ2n) is 8.62. The molecule has 184 valence electrons. The van der Waals surface area contributed by atoms with Crippen molar-refractivity contribution >= 4 is 29.1 Å². The van der Waals surface area contributed by atoms with Gasteiger partial charge in [0.05, 0.1) is 35.8 Å². The summed E-state index contributed by atoms with van der Waals surface area (Å²) in [5.41, 5.74) is 4.79. The lowest BCUT2D eigenvalue weighted by molar-refractivity contribution is -0.153. The highest BCUT2D eigenvalue weighted by molar-refractivity contribution is 6.42. The number of morpholine rings is 1. The van der Waals surface area contributed by atoms with E-state index in [4.69, 9.17) is 32.7 Å². The summed E-state index contributed by atoms with van der Waals surface area (Å²) in [6, 6.07) is 21.4. The summed E-state index contributed by atoms with van der Waals surface area (Å²) < 4.78 is 13.0. The summed E-state index contributed by atoms with van der Waals surface area (Å²) in [5, 5.41) is 1.04. The normalized spacial score (nSPS) is 15.8. The first-order chi connectivity index (χ1) is 17.5. The zero-order valence-electron chi connectivity index (χ0n) is 19.7. The van der Waals surface area contributed by atoms with E-state index in [1.807, 2.05) is 70.3 Å². The molecule has 1 saturated heterocycles. The first kappa shape index (κ1) is 24.4. The highest BCUT2D eigenvalue weighted by Crippen LogP contribution is 2.29. The standard InChI is InChI=1S/C28H25Cl2N3O3/c1-35-24-8-5-19(6-9-24)16-32-11-12-36-27(28(32)34)15-22-17-33(18-31-22)23-4-2-3-20(13-23)21-7-10-25(29)26(30)14-21/h2-10,13-14,17-18,27H,11-12,15-16H2,1H3. The Morgan fingerprint density at radius 3 is 2.61 bits per heavy atom. The zero-order chi connectivity index (χ0) is 25.1. The van der Waals surface area contributed by atoms with Crippen LogP contribution in [0.3, 0.4) is 0 Å². The van der Waals surface area contributed by atoms with Gasteiger partial charge in [-0.15, -0.1) is 0 Å². The molecule has 0 bridgehead atoms. The molecule has 8 heteroatoms. The number of carbonyl (C=O) groups excluding carboxylic acids is 1. The largest absolute Gasteiger partial charge is 0.497 e. The Bertz CT molecular complexity index is 1370. The van der Waals surface area contributed by atoms with E-state index < -0.39 is 6.10 Å². The fourth-order valence-corrected chi connectivity index (χ4v) is 4.56. The van der Waals surface area contributed by atoms with Gasteiger partial charge in [-0.2, -0.15) is 0 Å². The third-order valence-electron chi connectivity index (χ3n) is 6.23. The van der Waals surface area contributed by atoms with E-state index in [2.05, 4.69) is 11.1 Å². The number of benzene rings is 3. The maximum atomic E-state index is 13.1. The predicted molar refractivity (Wildman–Crippen MR) is 141 cm³/mol. The molecule has 1 unspecified atom stereocenters. The number of aromatic nitrogens is 2. The van der Waals surface area contributed by atoms with Gasteiger partial charge in [0, 0.05) is 31.4 Å². The topological polar surface area (TPSA) is 56.6 Å². The van der Waals surface area contributed by atoms with Gasteiger partial charge < -0.3 is 18.9 Å². The molecule has 4 aromatic rings. The van der Waals surface area contributed by atoms with Crippen LogP contribution in [0.15, 0.2) is 79.3 Å². The number of halogens is 2. The molecule has 1 amide bonds. The number of imidazole rings is 1. The van der Waals surface area contributed by atoms with Crippen molar-refractivity contribution in [1.82, 2.24) is 14.5 Å². The Kier molecular flexibility index (Phi) is 7.28. The molecule has 36 heavy (non-hydrogen) atoms. The summed E-state index contributed by atoms with van der Waals surface area (Å²) in [6.45, 7) is 1.61. The Morgan fingerprint density at radius 1 is 1.03 bits per heavy atom. The Morgan fingerprint density at radius 2 is 1.83 bits per heavy atom. The van der Waals surface area contributed by atoms with Crippen molar-refractivity contribution in [3.05, 3.63) is 101 Å². The molecule has 1 atom stereocenters. The minimum absolute atomic E-state index is 0.0202. The first-order valence-electron chi connectivity index (χ1n) is 11.6. The number of hydrogen-bond donors (Lipinski definition) is 0. The molecule has 0 N–H and O–H groups in total. The fourth-order valence-electron chi connectivity index (χ4n) is 4.27. The molecule has 1 aliphatic heterocycles. The lowest BCUT2D eigenvalue weighted by atomic mass is 10.1. The van der Waals surface area contributed by atoms with Crippen LogP contribution in [0.25, 0.3) is 16.8 Å². The van der Waals surface area contributed by atoms with E-state index in [0.29, 0.717) is 36.2 Å². The highest BCUT2D eigenvalue weighted by Gasteiger charge is 2.30. The van der Waals surface area contributed by atoms with Gasteiger partial charge in [0.1, 0.15) is 11.9 Å². The number of methoxy groups -OCH3 is 1. The average Bonchev–Trinajstić information content (AvgIpc) is 3.37. The molecule has 1 aromatic heterocycles. The summed E-state index contributed by atoms with van der Waals surface area (Å²) >= 11 is 12.3. The molecule has 6 nitrogen and oxygen atoms in total. The molecule has 0 radical (unpaired) electrons. The van der Waals surface area contributed by atoms with Gasteiger partial charge in [-0.3, -0.25) is 4.79 Å². The average molecular weight is 522 g/mol. The molecule has 2 heterocycles. The van der Waals surface area contributed by atoms with Gasteiger partial charge >= 0.3 is 0 Å². The number of amides is 1. The smallest absolute Gasteiger partial charge is 0.252 e. The van der Waals surface area contributed by atoms with Crippen molar-refractivity contribution in [2.24, 2.45) is 0 Å². The molecule has 1 fully saturated rings. The molecule has 0 saturated carbocycles. The van der Waals surface area contributed by atoms with Crippen LogP contribution >= 0.6 is 23.2 Å². The van der Waals surface area contributed by atoms with Crippen LogP contribution in [-0.4, -0.2) is 46.7 Å². The number of rotatable bonds is 7. The van der Waals surface area contributed by atoms with E-state index in [1.54, 1.807) is 19.5 Å². The zero-order valence-corrected chi connectivity index (χ0v) is 21.2. The monoisotopic (exact) mass is 521 g/mol. The minimum atomic E-state index is -0.553.